The van der Waals surface area contributed by atoms with Crippen molar-refractivity contribution in [3.8, 4) is 0 Å². The fourth-order valence-corrected chi connectivity index (χ4v) is 2.19. The van der Waals surface area contributed by atoms with Gasteiger partial charge in [0.2, 0.25) is 0 Å². The van der Waals surface area contributed by atoms with Crippen LogP contribution < -0.4 is 5.73 Å². The lowest BCUT2D eigenvalue weighted by molar-refractivity contribution is 0.364. The summed E-state index contributed by atoms with van der Waals surface area (Å²) in [6.07, 6.45) is 0.388. The molecule has 14 heavy (non-hydrogen) atoms. The van der Waals surface area contributed by atoms with E-state index in [-0.39, 0.29) is 6.04 Å². The van der Waals surface area contributed by atoms with Crippen LogP contribution in [-0.2, 0) is 10.2 Å². The van der Waals surface area contributed by atoms with Crippen molar-refractivity contribution < 1.29 is 8.42 Å². The van der Waals surface area contributed by atoms with Crippen LogP contribution in [0.4, 0.5) is 0 Å². The maximum absolute atomic E-state index is 11.6. The molecule has 0 aromatic carbocycles. The first kappa shape index (κ1) is 13.8. The second-order valence-electron chi connectivity index (χ2n) is 3.33. The third-order valence-electron chi connectivity index (χ3n) is 1.94. The zero-order chi connectivity index (χ0) is 11.5. The van der Waals surface area contributed by atoms with E-state index in [9.17, 15) is 8.42 Å². The van der Waals surface area contributed by atoms with Crippen molar-refractivity contribution in [1.82, 2.24) is 8.61 Å². The molecule has 0 aliphatic heterocycles. The van der Waals surface area contributed by atoms with Gasteiger partial charge in [0.05, 0.1) is 4.99 Å². The average Bonchev–Trinajstić information content (AvgIpc) is 2.01. The summed E-state index contributed by atoms with van der Waals surface area (Å²) in [5, 5.41) is 0. The van der Waals surface area contributed by atoms with Gasteiger partial charge in [0.15, 0.2) is 0 Å². The predicted molar refractivity (Wildman–Crippen MR) is 61.2 cm³/mol. The normalized spacial score (nSPS) is 14.7. The molecular formula is C7H17N3O2S2. The van der Waals surface area contributed by atoms with Gasteiger partial charge in [-0.1, -0.05) is 12.2 Å². The minimum absolute atomic E-state index is 0.222. The lowest BCUT2D eigenvalue weighted by atomic mass is 10.2. The number of thiocarbonyl (C=S) groups is 1. The second-order valence-corrected chi connectivity index (χ2v) is 6.05. The van der Waals surface area contributed by atoms with Gasteiger partial charge in [0, 0.05) is 33.6 Å². The van der Waals surface area contributed by atoms with Crippen molar-refractivity contribution in [3.63, 3.8) is 0 Å². The molecule has 7 heteroatoms. The molecule has 1 atom stereocenters. The van der Waals surface area contributed by atoms with E-state index in [1.165, 1.54) is 25.4 Å². The van der Waals surface area contributed by atoms with Gasteiger partial charge < -0.3 is 5.73 Å². The highest BCUT2D eigenvalue weighted by Crippen LogP contribution is 2.09. The highest BCUT2D eigenvalue weighted by molar-refractivity contribution is 7.86. The smallest absolute Gasteiger partial charge is 0.281 e. The minimum atomic E-state index is -3.37. The fourth-order valence-electron chi connectivity index (χ4n) is 0.905. The van der Waals surface area contributed by atoms with Crippen LogP contribution in [0, 0.1) is 0 Å². The van der Waals surface area contributed by atoms with Crippen LogP contribution in [0.5, 0.6) is 0 Å². The van der Waals surface area contributed by atoms with Gasteiger partial charge in [-0.05, 0) is 6.92 Å². The Balaban J connectivity index is 4.62. The van der Waals surface area contributed by atoms with Crippen molar-refractivity contribution in [2.45, 2.75) is 19.4 Å². The summed E-state index contributed by atoms with van der Waals surface area (Å²) in [5.74, 6) is 0. The minimum Gasteiger partial charge on any atom is -0.393 e. The number of hydrogen-bond donors (Lipinski definition) is 1. The Morgan fingerprint density at radius 1 is 1.43 bits per heavy atom. The van der Waals surface area contributed by atoms with Gasteiger partial charge in [-0.3, -0.25) is 0 Å². The molecule has 0 aliphatic carbocycles. The Kier molecular flexibility index (Phi) is 4.93. The van der Waals surface area contributed by atoms with E-state index in [4.69, 9.17) is 18.0 Å². The first-order chi connectivity index (χ1) is 6.19. The third kappa shape index (κ3) is 3.49. The third-order valence-corrected chi connectivity index (χ3v) is 4.12. The molecule has 0 fully saturated rings. The molecule has 5 nitrogen and oxygen atoms in total. The Morgan fingerprint density at radius 3 is 2.14 bits per heavy atom. The Bertz CT molecular complexity index is 300. The molecule has 0 amide bonds. The molecule has 2 N–H and O–H groups in total. The van der Waals surface area contributed by atoms with Crippen LogP contribution >= 0.6 is 12.2 Å². The van der Waals surface area contributed by atoms with E-state index in [1.54, 1.807) is 6.92 Å². The fraction of sp³-hybridized carbons (Fsp3) is 0.857. The summed E-state index contributed by atoms with van der Waals surface area (Å²) in [4.78, 5) is 0.318. The molecule has 0 radical (unpaired) electrons. The SMILES string of the molecule is CC(CC(N)=S)N(C)S(=O)(=O)N(C)C. The van der Waals surface area contributed by atoms with Crippen molar-refractivity contribution in [3.05, 3.63) is 0 Å². The van der Waals surface area contributed by atoms with E-state index in [0.29, 0.717) is 11.4 Å². The van der Waals surface area contributed by atoms with Gasteiger partial charge >= 0.3 is 0 Å². The maximum atomic E-state index is 11.6. The Hall–Kier alpha value is -0.240. The van der Waals surface area contributed by atoms with Gasteiger partial charge in [0.25, 0.3) is 10.2 Å². The average molecular weight is 239 g/mol. The molecular weight excluding hydrogens is 222 g/mol. The number of hydrogen-bond acceptors (Lipinski definition) is 3. The molecule has 0 heterocycles. The van der Waals surface area contributed by atoms with E-state index in [1.807, 2.05) is 0 Å². The van der Waals surface area contributed by atoms with Gasteiger partial charge in [-0.25, -0.2) is 0 Å². The maximum Gasteiger partial charge on any atom is 0.281 e. The van der Waals surface area contributed by atoms with E-state index >= 15 is 0 Å². The standard InChI is InChI=1S/C7H17N3O2S2/c1-6(5-7(8)13)10(4)14(11,12)9(2)3/h6H,5H2,1-4H3,(H2,8,13). The van der Waals surface area contributed by atoms with Crippen LogP contribution in [0.3, 0.4) is 0 Å². The van der Waals surface area contributed by atoms with Gasteiger partial charge in [-0.15, -0.1) is 0 Å². The molecule has 0 saturated heterocycles. The molecule has 0 aromatic rings. The Morgan fingerprint density at radius 2 is 1.86 bits per heavy atom. The zero-order valence-electron chi connectivity index (χ0n) is 8.89. The van der Waals surface area contributed by atoms with Crippen molar-refractivity contribution in [2.75, 3.05) is 21.1 Å². The zero-order valence-corrected chi connectivity index (χ0v) is 10.5. The predicted octanol–water partition coefficient (Wildman–Crippen LogP) is -0.211. The summed E-state index contributed by atoms with van der Waals surface area (Å²) in [5.41, 5.74) is 5.35. The second kappa shape index (κ2) is 5.01. The number of nitrogens with zero attached hydrogens (tertiary/aromatic N) is 2. The summed E-state index contributed by atoms with van der Waals surface area (Å²) in [7, 11) is 1.11. The van der Waals surface area contributed by atoms with E-state index < -0.39 is 10.2 Å². The van der Waals surface area contributed by atoms with Crippen molar-refractivity contribution in [1.29, 1.82) is 0 Å². The van der Waals surface area contributed by atoms with Crippen LogP contribution in [0.1, 0.15) is 13.3 Å². The molecule has 0 rings (SSSR count). The first-order valence-corrected chi connectivity index (χ1v) is 5.94. The number of nitrogens with two attached hydrogens (primary N) is 1. The van der Waals surface area contributed by atoms with Gasteiger partial charge in [0.1, 0.15) is 0 Å². The molecule has 84 valence electrons. The molecule has 0 bridgehead atoms. The van der Waals surface area contributed by atoms with Crippen molar-refractivity contribution in [2.24, 2.45) is 5.73 Å². The topological polar surface area (TPSA) is 66.6 Å². The quantitative estimate of drug-likeness (QED) is 0.674. The van der Waals surface area contributed by atoms with Crippen LogP contribution in [-0.4, -0.2) is 49.2 Å². The summed E-state index contributed by atoms with van der Waals surface area (Å²) in [6.45, 7) is 1.76. The highest BCUT2D eigenvalue weighted by atomic mass is 32.2. The summed E-state index contributed by atoms with van der Waals surface area (Å²) in [6, 6.07) is -0.222. The summed E-state index contributed by atoms with van der Waals surface area (Å²) < 4.78 is 25.7. The largest absolute Gasteiger partial charge is 0.393 e. The molecule has 0 spiro atoms. The molecule has 0 aliphatic rings. The van der Waals surface area contributed by atoms with Crippen molar-refractivity contribution >= 4 is 27.4 Å². The Labute approximate surface area is 91.0 Å². The number of rotatable bonds is 5. The molecule has 1 unspecified atom stereocenters. The van der Waals surface area contributed by atoms with Crippen LogP contribution in [0.2, 0.25) is 0 Å². The summed E-state index contributed by atoms with van der Waals surface area (Å²) >= 11 is 4.72. The highest BCUT2D eigenvalue weighted by Gasteiger charge is 2.25. The van der Waals surface area contributed by atoms with Crippen LogP contribution in [0.25, 0.3) is 0 Å². The molecule has 0 aromatic heterocycles. The monoisotopic (exact) mass is 239 g/mol. The molecule has 0 saturated carbocycles. The van der Waals surface area contributed by atoms with Crippen LogP contribution in [0.15, 0.2) is 0 Å². The van der Waals surface area contributed by atoms with E-state index in [2.05, 4.69) is 0 Å². The lowest BCUT2D eigenvalue weighted by Crippen LogP contribution is -2.43. The first-order valence-electron chi connectivity index (χ1n) is 4.13. The van der Waals surface area contributed by atoms with Gasteiger partial charge in [-0.2, -0.15) is 17.0 Å². The lowest BCUT2D eigenvalue weighted by Gasteiger charge is -2.26. The van der Waals surface area contributed by atoms with E-state index in [0.717, 1.165) is 4.31 Å².